The lowest BCUT2D eigenvalue weighted by Crippen LogP contribution is -2.29. The molecule has 0 bridgehead atoms. The van der Waals surface area contributed by atoms with E-state index >= 15 is 0 Å². The van der Waals surface area contributed by atoms with E-state index in [2.05, 4.69) is 11.9 Å². The third-order valence-electron chi connectivity index (χ3n) is 5.40. The van der Waals surface area contributed by atoms with Crippen molar-refractivity contribution in [2.45, 2.75) is 18.8 Å². The zero-order chi connectivity index (χ0) is 18.3. The highest BCUT2D eigenvalue weighted by atomic mass is 35.5. The van der Waals surface area contributed by atoms with Gasteiger partial charge < -0.3 is 10.7 Å². The Labute approximate surface area is 158 Å². The lowest BCUT2D eigenvalue weighted by atomic mass is 9.88. The van der Waals surface area contributed by atoms with E-state index < -0.39 is 0 Å². The van der Waals surface area contributed by atoms with Crippen LogP contribution in [0.4, 0.5) is 0 Å². The highest BCUT2D eigenvalue weighted by Gasteiger charge is 2.23. The predicted octanol–water partition coefficient (Wildman–Crippen LogP) is 4.05. The molecule has 0 amide bonds. The molecule has 0 atom stereocenters. The maximum absolute atomic E-state index is 12.9. The van der Waals surface area contributed by atoms with Gasteiger partial charge in [-0.15, -0.1) is 0 Å². The number of hydrogen-bond donors (Lipinski definition) is 1. The number of ketones is 1. The summed E-state index contributed by atoms with van der Waals surface area (Å²) >= 11 is 6.21. The van der Waals surface area contributed by atoms with Crippen LogP contribution in [0.1, 0.15) is 40.2 Å². The molecule has 134 valence electrons. The fraction of sp³-hybridized carbons (Fsp3) is 0.286. The molecule has 5 heteroatoms. The Bertz CT molecular complexity index is 971. The first-order valence-corrected chi connectivity index (χ1v) is 9.30. The van der Waals surface area contributed by atoms with Crippen molar-refractivity contribution in [3.63, 3.8) is 0 Å². The zero-order valence-corrected chi connectivity index (χ0v) is 15.5. The first-order valence-electron chi connectivity index (χ1n) is 8.92. The summed E-state index contributed by atoms with van der Waals surface area (Å²) in [6, 6.07) is 12.9. The molecule has 2 aromatic carbocycles. The standard InChI is InChI=1S/C21H22ClN3O/c1-24-10-8-14(9-11-24)18-13-25(23)20-7-6-15(12-17(18)20)21(26)16-4-2-3-5-19(16)22/h2-7,12-14H,8-11,23H2,1H3. The summed E-state index contributed by atoms with van der Waals surface area (Å²) in [7, 11) is 2.16. The van der Waals surface area contributed by atoms with Gasteiger partial charge in [0, 0.05) is 22.7 Å². The van der Waals surface area contributed by atoms with Gasteiger partial charge >= 0.3 is 0 Å². The van der Waals surface area contributed by atoms with Gasteiger partial charge in [-0.3, -0.25) is 9.47 Å². The van der Waals surface area contributed by atoms with Crippen LogP contribution >= 0.6 is 11.6 Å². The van der Waals surface area contributed by atoms with Crippen LogP contribution in [0, 0.1) is 0 Å². The maximum atomic E-state index is 12.9. The number of nitrogens with two attached hydrogens (primary N) is 1. The number of benzene rings is 2. The van der Waals surface area contributed by atoms with E-state index in [4.69, 9.17) is 17.4 Å². The summed E-state index contributed by atoms with van der Waals surface area (Å²) in [5, 5.41) is 1.55. The number of rotatable bonds is 3. The molecule has 2 heterocycles. The van der Waals surface area contributed by atoms with Gasteiger partial charge in [0.05, 0.1) is 10.5 Å². The van der Waals surface area contributed by atoms with Gasteiger partial charge in [-0.25, -0.2) is 0 Å². The van der Waals surface area contributed by atoms with Crippen molar-refractivity contribution in [3.8, 4) is 0 Å². The minimum Gasteiger partial charge on any atom is -0.339 e. The van der Waals surface area contributed by atoms with Gasteiger partial charge in [0.15, 0.2) is 5.78 Å². The molecule has 1 aliphatic heterocycles. The second-order valence-corrected chi connectivity index (χ2v) is 7.52. The molecule has 0 spiro atoms. The van der Waals surface area contributed by atoms with Gasteiger partial charge in [-0.05, 0) is 74.8 Å². The van der Waals surface area contributed by atoms with Gasteiger partial charge in [0.2, 0.25) is 0 Å². The van der Waals surface area contributed by atoms with Crippen LogP contribution in [0.2, 0.25) is 5.02 Å². The summed E-state index contributed by atoms with van der Waals surface area (Å²) in [4.78, 5) is 15.3. The smallest absolute Gasteiger partial charge is 0.194 e. The van der Waals surface area contributed by atoms with E-state index in [0.29, 0.717) is 22.1 Å². The number of nitrogen functional groups attached to an aromatic ring is 1. The quantitative estimate of drug-likeness (QED) is 0.561. The molecule has 0 saturated carbocycles. The van der Waals surface area contributed by atoms with Crippen LogP contribution in [0.5, 0.6) is 0 Å². The minimum atomic E-state index is -0.0587. The lowest BCUT2D eigenvalue weighted by molar-refractivity contribution is 0.103. The summed E-state index contributed by atoms with van der Waals surface area (Å²) in [5.41, 5.74) is 3.37. The van der Waals surface area contributed by atoms with Crippen LogP contribution < -0.4 is 5.84 Å². The fourth-order valence-corrected chi connectivity index (χ4v) is 4.09. The second kappa shape index (κ2) is 6.78. The Morgan fingerprint density at radius 1 is 1.15 bits per heavy atom. The Hall–Kier alpha value is -2.30. The van der Waals surface area contributed by atoms with E-state index in [9.17, 15) is 4.79 Å². The van der Waals surface area contributed by atoms with E-state index in [-0.39, 0.29) is 5.78 Å². The average molecular weight is 368 g/mol. The summed E-state index contributed by atoms with van der Waals surface area (Å²) < 4.78 is 1.67. The van der Waals surface area contributed by atoms with Gasteiger partial charge in [-0.1, -0.05) is 23.7 Å². The number of fused-ring (bicyclic) bond motifs is 1. The largest absolute Gasteiger partial charge is 0.339 e. The number of hydrogen-bond acceptors (Lipinski definition) is 3. The van der Waals surface area contributed by atoms with Crippen molar-refractivity contribution in [3.05, 3.63) is 70.4 Å². The molecule has 4 nitrogen and oxygen atoms in total. The molecular weight excluding hydrogens is 346 g/mol. The molecule has 2 N–H and O–H groups in total. The van der Waals surface area contributed by atoms with E-state index in [1.807, 2.05) is 36.5 Å². The first-order chi connectivity index (χ1) is 12.5. The van der Waals surface area contributed by atoms with Gasteiger partial charge in [-0.2, -0.15) is 0 Å². The minimum absolute atomic E-state index is 0.0587. The van der Waals surface area contributed by atoms with Crippen molar-refractivity contribution in [2.24, 2.45) is 0 Å². The third-order valence-corrected chi connectivity index (χ3v) is 5.73. The van der Waals surface area contributed by atoms with Crippen LogP contribution in [-0.2, 0) is 0 Å². The first kappa shape index (κ1) is 17.1. The van der Waals surface area contributed by atoms with Crippen molar-refractivity contribution in [2.75, 3.05) is 26.0 Å². The number of likely N-dealkylation sites (tertiary alicyclic amines) is 1. The molecule has 1 aromatic heterocycles. The number of halogens is 1. The van der Waals surface area contributed by atoms with Crippen molar-refractivity contribution in [1.29, 1.82) is 0 Å². The molecule has 1 aliphatic rings. The number of aromatic nitrogens is 1. The molecule has 3 aromatic rings. The number of carbonyl (C=O) groups is 1. The Kier molecular flexibility index (Phi) is 4.47. The summed E-state index contributed by atoms with van der Waals surface area (Å²) in [6.07, 6.45) is 4.24. The average Bonchev–Trinajstić information content (AvgIpc) is 2.98. The second-order valence-electron chi connectivity index (χ2n) is 7.11. The Balaban J connectivity index is 1.76. The molecular formula is C21H22ClN3O. The number of nitrogens with zero attached hydrogens (tertiary/aromatic N) is 2. The topological polar surface area (TPSA) is 51.3 Å². The predicted molar refractivity (Wildman–Crippen MR) is 106 cm³/mol. The third kappa shape index (κ3) is 3.00. The van der Waals surface area contributed by atoms with E-state index in [1.165, 1.54) is 5.56 Å². The lowest BCUT2D eigenvalue weighted by Gasteiger charge is -2.28. The molecule has 26 heavy (non-hydrogen) atoms. The van der Waals surface area contributed by atoms with Gasteiger partial charge in [0.25, 0.3) is 0 Å². The van der Waals surface area contributed by atoms with Crippen molar-refractivity contribution >= 4 is 28.3 Å². The normalized spacial score (nSPS) is 16.2. The van der Waals surface area contributed by atoms with Crippen LogP contribution in [-0.4, -0.2) is 35.5 Å². The monoisotopic (exact) mass is 367 g/mol. The molecule has 4 rings (SSSR count). The number of piperidine rings is 1. The molecule has 0 radical (unpaired) electrons. The van der Waals surface area contributed by atoms with Crippen LogP contribution in [0.3, 0.4) is 0 Å². The summed E-state index contributed by atoms with van der Waals surface area (Å²) in [5.74, 6) is 6.59. The van der Waals surface area contributed by atoms with Crippen LogP contribution in [0.15, 0.2) is 48.7 Å². The van der Waals surface area contributed by atoms with Gasteiger partial charge in [0.1, 0.15) is 0 Å². The molecule has 1 saturated heterocycles. The highest BCUT2D eigenvalue weighted by molar-refractivity contribution is 6.35. The fourth-order valence-electron chi connectivity index (χ4n) is 3.87. The van der Waals surface area contributed by atoms with Crippen molar-refractivity contribution < 1.29 is 4.79 Å². The maximum Gasteiger partial charge on any atom is 0.194 e. The Morgan fingerprint density at radius 2 is 1.88 bits per heavy atom. The molecule has 0 unspecified atom stereocenters. The molecule has 0 aliphatic carbocycles. The van der Waals surface area contributed by atoms with Crippen LogP contribution in [0.25, 0.3) is 10.9 Å². The highest BCUT2D eigenvalue weighted by Crippen LogP contribution is 2.34. The molecule has 1 fully saturated rings. The Morgan fingerprint density at radius 3 is 2.62 bits per heavy atom. The number of carbonyl (C=O) groups excluding carboxylic acids is 1. The van der Waals surface area contributed by atoms with Crippen molar-refractivity contribution in [1.82, 2.24) is 9.58 Å². The van der Waals surface area contributed by atoms with E-state index in [0.717, 1.165) is 36.8 Å². The summed E-state index contributed by atoms with van der Waals surface area (Å²) in [6.45, 7) is 2.17. The zero-order valence-electron chi connectivity index (χ0n) is 14.8. The van der Waals surface area contributed by atoms with E-state index in [1.54, 1.807) is 16.8 Å². The SMILES string of the molecule is CN1CCC(c2cn(N)c3ccc(C(=O)c4ccccc4Cl)cc23)CC1.